The Morgan fingerprint density at radius 3 is 2.83 bits per heavy atom. The second kappa shape index (κ2) is 6.34. The van der Waals surface area contributed by atoms with Gasteiger partial charge in [-0.15, -0.1) is 0 Å². The third-order valence-corrected chi connectivity index (χ3v) is 4.49. The average Bonchev–Trinajstić information content (AvgIpc) is 2.37. The van der Waals surface area contributed by atoms with Crippen LogP contribution in [0.25, 0.3) is 0 Å². The number of nitrogen functional groups attached to an aromatic ring is 1. The number of thioether (sulfide) groups is 1. The van der Waals surface area contributed by atoms with E-state index in [1.165, 1.54) is 24.3 Å². The van der Waals surface area contributed by atoms with Crippen molar-refractivity contribution in [1.29, 1.82) is 0 Å². The van der Waals surface area contributed by atoms with E-state index >= 15 is 0 Å². The Bertz CT molecular complexity index is 433. The van der Waals surface area contributed by atoms with Gasteiger partial charge >= 0.3 is 0 Å². The SMILES string of the molecule is Nc1ccc(C(=O)NCC2CCSCC2)c(Cl)c1. The lowest BCUT2D eigenvalue weighted by Gasteiger charge is -2.21. The van der Waals surface area contributed by atoms with Gasteiger partial charge in [-0.2, -0.15) is 11.8 Å². The van der Waals surface area contributed by atoms with Crippen molar-refractivity contribution >= 4 is 35.0 Å². The number of carbonyl (C=O) groups excluding carboxylic acids is 1. The highest BCUT2D eigenvalue weighted by Crippen LogP contribution is 2.22. The molecule has 1 fully saturated rings. The summed E-state index contributed by atoms with van der Waals surface area (Å²) in [6.07, 6.45) is 2.36. The molecule has 18 heavy (non-hydrogen) atoms. The smallest absolute Gasteiger partial charge is 0.252 e. The normalized spacial score (nSPS) is 16.5. The summed E-state index contributed by atoms with van der Waals surface area (Å²) in [7, 11) is 0. The van der Waals surface area contributed by atoms with Crippen LogP contribution in [0.4, 0.5) is 5.69 Å². The van der Waals surface area contributed by atoms with Gasteiger partial charge < -0.3 is 11.1 Å². The fourth-order valence-corrected chi connectivity index (χ4v) is 3.48. The molecule has 98 valence electrons. The molecule has 0 bridgehead atoms. The number of carbonyl (C=O) groups is 1. The second-order valence-corrected chi connectivity index (χ2v) is 6.14. The molecule has 0 unspecified atom stereocenters. The predicted octanol–water partition coefficient (Wildman–Crippen LogP) is 2.80. The summed E-state index contributed by atoms with van der Waals surface area (Å²) in [6.45, 7) is 0.736. The van der Waals surface area contributed by atoms with Gasteiger partial charge in [-0.1, -0.05) is 11.6 Å². The number of nitrogens with two attached hydrogens (primary N) is 1. The molecule has 1 aliphatic heterocycles. The minimum atomic E-state index is -0.113. The highest BCUT2D eigenvalue weighted by molar-refractivity contribution is 7.99. The van der Waals surface area contributed by atoms with Crippen LogP contribution in [0.2, 0.25) is 5.02 Å². The maximum atomic E-state index is 12.0. The number of amides is 1. The molecule has 1 heterocycles. The molecular formula is C13H17ClN2OS. The van der Waals surface area contributed by atoms with Crippen LogP contribution in [0.1, 0.15) is 23.2 Å². The number of rotatable bonds is 3. The molecule has 1 aromatic carbocycles. The number of anilines is 1. The zero-order valence-corrected chi connectivity index (χ0v) is 11.7. The van der Waals surface area contributed by atoms with Gasteiger partial charge in [-0.25, -0.2) is 0 Å². The Balaban J connectivity index is 1.90. The Hall–Kier alpha value is -0.870. The monoisotopic (exact) mass is 284 g/mol. The Morgan fingerprint density at radius 1 is 1.44 bits per heavy atom. The first-order valence-corrected chi connectivity index (χ1v) is 7.61. The van der Waals surface area contributed by atoms with E-state index < -0.39 is 0 Å². The molecule has 5 heteroatoms. The minimum Gasteiger partial charge on any atom is -0.399 e. The molecule has 0 aromatic heterocycles. The Kier molecular flexibility index (Phi) is 4.78. The van der Waals surface area contributed by atoms with E-state index in [0.717, 1.165) is 6.54 Å². The maximum Gasteiger partial charge on any atom is 0.252 e. The van der Waals surface area contributed by atoms with Crippen LogP contribution in [0, 0.1) is 5.92 Å². The summed E-state index contributed by atoms with van der Waals surface area (Å²) in [5, 5.41) is 3.36. The van der Waals surface area contributed by atoms with Gasteiger partial charge in [-0.05, 0) is 48.5 Å². The summed E-state index contributed by atoms with van der Waals surface area (Å²) in [4.78, 5) is 12.0. The van der Waals surface area contributed by atoms with Crippen molar-refractivity contribution < 1.29 is 4.79 Å². The molecule has 3 nitrogen and oxygen atoms in total. The molecule has 2 rings (SSSR count). The summed E-state index contributed by atoms with van der Waals surface area (Å²) in [6, 6.07) is 4.97. The summed E-state index contributed by atoms with van der Waals surface area (Å²) in [5.74, 6) is 2.88. The van der Waals surface area contributed by atoms with Gasteiger partial charge in [0.25, 0.3) is 5.91 Å². The molecule has 0 radical (unpaired) electrons. The lowest BCUT2D eigenvalue weighted by Crippen LogP contribution is -2.31. The van der Waals surface area contributed by atoms with Crippen molar-refractivity contribution in [2.75, 3.05) is 23.8 Å². The van der Waals surface area contributed by atoms with Gasteiger partial charge in [0.2, 0.25) is 0 Å². The molecular weight excluding hydrogens is 268 g/mol. The standard InChI is InChI=1S/C13H17ClN2OS/c14-12-7-10(15)1-2-11(12)13(17)16-8-9-3-5-18-6-4-9/h1-2,7,9H,3-6,8,15H2,(H,16,17). The third-order valence-electron chi connectivity index (χ3n) is 3.13. The summed E-state index contributed by atoms with van der Waals surface area (Å²) < 4.78 is 0. The summed E-state index contributed by atoms with van der Waals surface area (Å²) in [5.41, 5.74) is 6.67. The maximum absolute atomic E-state index is 12.0. The van der Waals surface area contributed by atoms with Crippen molar-refractivity contribution in [3.63, 3.8) is 0 Å². The van der Waals surface area contributed by atoms with Crippen molar-refractivity contribution in [2.45, 2.75) is 12.8 Å². The minimum absolute atomic E-state index is 0.113. The van der Waals surface area contributed by atoms with Gasteiger partial charge in [-0.3, -0.25) is 4.79 Å². The van der Waals surface area contributed by atoms with Crippen LogP contribution < -0.4 is 11.1 Å². The van der Waals surface area contributed by atoms with E-state index in [1.54, 1.807) is 18.2 Å². The predicted molar refractivity (Wildman–Crippen MR) is 78.2 cm³/mol. The lowest BCUT2D eigenvalue weighted by molar-refractivity contribution is 0.0946. The molecule has 0 spiro atoms. The van der Waals surface area contributed by atoms with E-state index in [1.807, 2.05) is 11.8 Å². The quantitative estimate of drug-likeness (QED) is 0.839. The zero-order valence-electron chi connectivity index (χ0n) is 10.1. The highest BCUT2D eigenvalue weighted by atomic mass is 35.5. The van der Waals surface area contributed by atoms with Crippen LogP contribution >= 0.6 is 23.4 Å². The zero-order chi connectivity index (χ0) is 13.0. The van der Waals surface area contributed by atoms with Crippen LogP contribution in [-0.2, 0) is 0 Å². The van der Waals surface area contributed by atoms with Crippen LogP contribution in [0.5, 0.6) is 0 Å². The lowest BCUT2D eigenvalue weighted by atomic mass is 10.0. The van der Waals surface area contributed by atoms with E-state index in [9.17, 15) is 4.79 Å². The molecule has 1 aromatic rings. The molecule has 1 aliphatic rings. The van der Waals surface area contributed by atoms with Gasteiger partial charge in [0.1, 0.15) is 0 Å². The molecule has 0 saturated carbocycles. The molecule has 1 amide bonds. The molecule has 1 saturated heterocycles. The number of nitrogens with one attached hydrogen (secondary N) is 1. The van der Waals surface area contributed by atoms with E-state index in [0.29, 0.717) is 22.2 Å². The van der Waals surface area contributed by atoms with E-state index in [-0.39, 0.29) is 5.91 Å². The first-order chi connectivity index (χ1) is 8.66. The Labute approximate surface area is 116 Å². The first-order valence-electron chi connectivity index (χ1n) is 6.08. The van der Waals surface area contributed by atoms with E-state index in [4.69, 9.17) is 17.3 Å². The van der Waals surface area contributed by atoms with Gasteiger partial charge in [0, 0.05) is 12.2 Å². The van der Waals surface area contributed by atoms with Crippen molar-refractivity contribution in [3.8, 4) is 0 Å². The largest absolute Gasteiger partial charge is 0.399 e. The molecule has 3 N–H and O–H groups in total. The topological polar surface area (TPSA) is 55.1 Å². The molecule has 0 atom stereocenters. The van der Waals surface area contributed by atoms with Crippen molar-refractivity contribution in [1.82, 2.24) is 5.32 Å². The van der Waals surface area contributed by atoms with Crippen molar-refractivity contribution in [2.24, 2.45) is 5.92 Å². The van der Waals surface area contributed by atoms with Gasteiger partial charge in [0.15, 0.2) is 0 Å². The fourth-order valence-electron chi connectivity index (χ4n) is 2.00. The average molecular weight is 285 g/mol. The molecule has 0 aliphatic carbocycles. The number of hydrogen-bond acceptors (Lipinski definition) is 3. The number of benzene rings is 1. The Morgan fingerprint density at radius 2 is 2.17 bits per heavy atom. The fraction of sp³-hybridized carbons (Fsp3) is 0.462. The summed E-state index contributed by atoms with van der Waals surface area (Å²) >= 11 is 7.99. The van der Waals surface area contributed by atoms with Gasteiger partial charge in [0.05, 0.1) is 10.6 Å². The second-order valence-electron chi connectivity index (χ2n) is 4.51. The van der Waals surface area contributed by atoms with E-state index in [2.05, 4.69) is 5.32 Å². The first kappa shape index (κ1) is 13.6. The highest BCUT2D eigenvalue weighted by Gasteiger charge is 2.16. The van der Waals surface area contributed by atoms with Crippen LogP contribution in [0.3, 0.4) is 0 Å². The number of hydrogen-bond donors (Lipinski definition) is 2. The third kappa shape index (κ3) is 3.56. The van der Waals surface area contributed by atoms with Crippen LogP contribution in [0.15, 0.2) is 18.2 Å². The van der Waals surface area contributed by atoms with Crippen molar-refractivity contribution in [3.05, 3.63) is 28.8 Å². The van der Waals surface area contributed by atoms with Crippen LogP contribution in [-0.4, -0.2) is 24.0 Å². The number of halogens is 1.